The molecular weight excluding hydrogens is 266 g/mol. The van der Waals surface area contributed by atoms with Gasteiger partial charge in [-0.05, 0) is 39.2 Å². The Kier molecular flexibility index (Phi) is 4.88. The molecule has 20 heavy (non-hydrogen) atoms. The predicted molar refractivity (Wildman–Crippen MR) is 87.3 cm³/mol. The van der Waals surface area contributed by atoms with Gasteiger partial charge in [0.05, 0.1) is 12.2 Å². The molecule has 3 nitrogen and oxygen atoms in total. The topological polar surface area (TPSA) is 28.2 Å². The maximum Gasteiger partial charge on any atom is 0.107 e. The Bertz CT molecular complexity index is 428. The lowest BCUT2D eigenvalue weighted by Crippen LogP contribution is -2.47. The van der Waals surface area contributed by atoms with Crippen LogP contribution in [0.15, 0.2) is 0 Å². The van der Waals surface area contributed by atoms with Gasteiger partial charge < -0.3 is 5.32 Å². The average Bonchev–Trinajstić information content (AvgIpc) is 2.53. The first-order chi connectivity index (χ1) is 9.27. The van der Waals surface area contributed by atoms with Crippen molar-refractivity contribution >= 4 is 11.3 Å². The summed E-state index contributed by atoms with van der Waals surface area (Å²) in [6.07, 6.45) is 1.22. The lowest BCUT2D eigenvalue weighted by atomic mass is 9.86. The molecule has 0 spiro atoms. The Morgan fingerprint density at radius 2 is 2.05 bits per heavy atom. The molecular formula is C16H29N3S. The van der Waals surface area contributed by atoms with Crippen LogP contribution in [-0.2, 0) is 6.54 Å². The number of nitrogens with zero attached hydrogens (tertiary/aromatic N) is 2. The van der Waals surface area contributed by atoms with E-state index in [1.165, 1.54) is 22.0 Å². The molecule has 0 amide bonds. The Hall–Kier alpha value is -0.450. The zero-order valence-corrected chi connectivity index (χ0v) is 14.6. The minimum absolute atomic E-state index is 0.303. The van der Waals surface area contributed by atoms with Gasteiger partial charge in [-0.15, -0.1) is 11.3 Å². The first-order valence-corrected chi connectivity index (χ1v) is 8.49. The molecule has 1 aliphatic heterocycles. The van der Waals surface area contributed by atoms with Crippen molar-refractivity contribution in [1.82, 2.24) is 15.2 Å². The highest BCUT2D eigenvalue weighted by molar-refractivity contribution is 7.11. The summed E-state index contributed by atoms with van der Waals surface area (Å²) in [5, 5.41) is 4.99. The first-order valence-electron chi connectivity index (χ1n) is 7.67. The highest BCUT2D eigenvalue weighted by Gasteiger charge is 2.30. The predicted octanol–water partition coefficient (Wildman–Crippen LogP) is 3.36. The fraction of sp³-hybridized carbons (Fsp3) is 0.812. The van der Waals surface area contributed by atoms with E-state index in [1.807, 2.05) is 11.3 Å². The van der Waals surface area contributed by atoms with Crippen molar-refractivity contribution in [2.24, 2.45) is 5.41 Å². The van der Waals surface area contributed by atoms with Crippen molar-refractivity contribution < 1.29 is 0 Å². The highest BCUT2D eigenvalue weighted by Crippen LogP contribution is 2.25. The number of aromatic nitrogens is 1. The first kappa shape index (κ1) is 15.9. The largest absolute Gasteiger partial charge is 0.312 e. The van der Waals surface area contributed by atoms with Crippen LogP contribution >= 0.6 is 11.3 Å². The van der Waals surface area contributed by atoms with Crippen LogP contribution in [0.2, 0.25) is 0 Å². The summed E-state index contributed by atoms with van der Waals surface area (Å²) >= 11 is 1.85. The Labute approximate surface area is 127 Å². The van der Waals surface area contributed by atoms with Crippen molar-refractivity contribution in [3.05, 3.63) is 15.6 Å². The molecule has 1 aromatic rings. The molecule has 0 saturated carbocycles. The average molecular weight is 295 g/mol. The van der Waals surface area contributed by atoms with Crippen molar-refractivity contribution in [2.75, 3.05) is 13.1 Å². The van der Waals surface area contributed by atoms with Crippen molar-refractivity contribution in [2.45, 2.75) is 66.6 Å². The van der Waals surface area contributed by atoms with E-state index in [-0.39, 0.29) is 0 Å². The highest BCUT2D eigenvalue weighted by atomic mass is 32.1. The second-order valence-corrected chi connectivity index (χ2v) is 8.48. The molecule has 2 heterocycles. The molecule has 114 valence electrons. The van der Waals surface area contributed by atoms with Crippen LogP contribution in [0.3, 0.4) is 0 Å². The smallest absolute Gasteiger partial charge is 0.107 e. The van der Waals surface area contributed by atoms with Gasteiger partial charge in [-0.3, -0.25) is 4.90 Å². The zero-order chi connectivity index (χ0) is 14.9. The molecule has 0 aromatic carbocycles. The number of thiazole rings is 1. The van der Waals surface area contributed by atoms with Gasteiger partial charge in [-0.2, -0.15) is 0 Å². The van der Waals surface area contributed by atoms with Gasteiger partial charge in [0.25, 0.3) is 0 Å². The van der Waals surface area contributed by atoms with E-state index >= 15 is 0 Å². The van der Waals surface area contributed by atoms with Gasteiger partial charge in [-0.25, -0.2) is 4.98 Å². The van der Waals surface area contributed by atoms with Gasteiger partial charge in [0, 0.05) is 23.5 Å². The monoisotopic (exact) mass is 295 g/mol. The molecule has 0 aliphatic carbocycles. The summed E-state index contributed by atoms with van der Waals surface area (Å²) in [5.74, 6) is 0. The van der Waals surface area contributed by atoms with E-state index in [0.717, 1.165) is 19.6 Å². The molecule has 1 aromatic heterocycles. The van der Waals surface area contributed by atoms with Crippen molar-refractivity contribution in [3.8, 4) is 0 Å². The van der Waals surface area contributed by atoms with Crippen LogP contribution < -0.4 is 5.32 Å². The van der Waals surface area contributed by atoms with Crippen LogP contribution in [0.4, 0.5) is 0 Å². The maximum atomic E-state index is 4.71. The second-order valence-electron chi connectivity index (χ2n) is 7.19. The summed E-state index contributed by atoms with van der Waals surface area (Å²) in [7, 11) is 0. The molecule has 2 unspecified atom stereocenters. The summed E-state index contributed by atoms with van der Waals surface area (Å²) in [4.78, 5) is 8.67. The Balaban J connectivity index is 2.10. The van der Waals surface area contributed by atoms with Gasteiger partial charge >= 0.3 is 0 Å². The quantitative estimate of drug-likeness (QED) is 0.907. The summed E-state index contributed by atoms with van der Waals surface area (Å²) in [6.45, 7) is 16.8. The van der Waals surface area contributed by atoms with Crippen molar-refractivity contribution in [1.29, 1.82) is 0 Å². The van der Waals surface area contributed by atoms with E-state index in [2.05, 4.69) is 51.8 Å². The SMILES string of the molecule is Cc1nc(CN2CC(C(C)(C)C)NCCC2C)sc1C. The second kappa shape index (κ2) is 6.12. The molecule has 2 rings (SSSR count). The summed E-state index contributed by atoms with van der Waals surface area (Å²) < 4.78 is 0. The Morgan fingerprint density at radius 3 is 2.60 bits per heavy atom. The molecule has 4 heteroatoms. The van der Waals surface area contributed by atoms with Crippen LogP contribution in [0.5, 0.6) is 0 Å². The normalized spacial score (nSPS) is 25.7. The summed E-state index contributed by atoms with van der Waals surface area (Å²) in [5.41, 5.74) is 1.50. The molecule has 1 N–H and O–H groups in total. The molecule has 0 radical (unpaired) electrons. The lowest BCUT2D eigenvalue weighted by molar-refractivity contribution is 0.157. The van der Waals surface area contributed by atoms with Gasteiger partial charge in [0.2, 0.25) is 0 Å². The summed E-state index contributed by atoms with van der Waals surface area (Å²) in [6, 6.07) is 1.17. The number of nitrogens with one attached hydrogen (secondary N) is 1. The number of rotatable bonds is 2. The molecule has 1 saturated heterocycles. The van der Waals surface area contributed by atoms with Crippen LogP contribution in [0.25, 0.3) is 0 Å². The van der Waals surface area contributed by atoms with E-state index < -0.39 is 0 Å². The zero-order valence-electron chi connectivity index (χ0n) is 13.8. The maximum absolute atomic E-state index is 4.71. The molecule has 1 fully saturated rings. The third-order valence-corrected chi connectivity index (χ3v) is 5.51. The van der Waals surface area contributed by atoms with Gasteiger partial charge in [0.15, 0.2) is 0 Å². The lowest BCUT2D eigenvalue weighted by Gasteiger charge is -2.35. The fourth-order valence-electron chi connectivity index (χ4n) is 2.71. The van der Waals surface area contributed by atoms with E-state index in [4.69, 9.17) is 4.98 Å². The van der Waals surface area contributed by atoms with E-state index in [0.29, 0.717) is 17.5 Å². The Morgan fingerprint density at radius 1 is 1.35 bits per heavy atom. The number of hydrogen-bond donors (Lipinski definition) is 1. The molecule has 2 atom stereocenters. The molecule has 0 bridgehead atoms. The third kappa shape index (κ3) is 3.80. The van der Waals surface area contributed by atoms with E-state index in [1.54, 1.807) is 0 Å². The van der Waals surface area contributed by atoms with Crippen LogP contribution in [0, 0.1) is 19.3 Å². The minimum atomic E-state index is 0.303. The standard InChI is InChI=1S/C16H29N3S/c1-11-7-8-17-14(16(4,5)6)9-19(11)10-15-18-12(2)13(3)20-15/h11,14,17H,7-10H2,1-6H3. The fourth-order valence-corrected chi connectivity index (χ4v) is 3.67. The minimum Gasteiger partial charge on any atom is -0.312 e. The van der Waals surface area contributed by atoms with Gasteiger partial charge in [0.1, 0.15) is 5.01 Å². The van der Waals surface area contributed by atoms with Crippen LogP contribution in [0.1, 0.15) is 49.7 Å². The molecule has 1 aliphatic rings. The van der Waals surface area contributed by atoms with Gasteiger partial charge in [-0.1, -0.05) is 20.8 Å². The number of aryl methyl sites for hydroxylation is 2. The number of hydrogen-bond acceptors (Lipinski definition) is 4. The van der Waals surface area contributed by atoms with Crippen molar-refractivity contribution in [3.63, 3.8) is 0 Å². The van der Waals surface area contributed by atoms with E-state index in [9.17, 15) is 0 Å². The van der Waals surface area contributed by atoms with Crippen LogP contribution in [-0.4, -0.2) is 35.1 Å². The third-order valence-electron chi connectivity index (χ3n) is 4.45.